The van der Waals surface area contributed by atoms with Gasteiger partial charge in [-0.15, -0.1) is 5.10 Å². The van der Waals surface area contributed by atoms with E-state index >= 15 is 0 Å². The lowest BCUT2D eigenvalue weighted by Crippen LogP contribution is -2.32. The Morgan fingerprint density at radius 1 is 1.00 bits per heavy atom. The van der Waals surface area contributed by atoms with E-state index < -0.39 is 10.0 Å². The molecule has 3 aromatic rings. The zero-order chi connectivity index (χ0) is 19.6. The highest BCUT2D eigenvalue weighted by Crippen LogP contribution is 2.10. The maximum Gasteiger partial charge on any atom is 0.266 e. The van der Waals surface area contributed by atoms with Crippen molar-refractivity contribution in [3.63, 3.8) is 0 Å². The van der Waals surface area contributed by atoms with Gasteiger partial charge in [0.05, 0.1) is 17.1 Å². The number of sulfonamides is 1. The lowest BCUT2D eigenvalue weighted by molar-refractivity contribution is 0.541. The Kier molecular flexibility index (Phi) is 5.24. The zero-order valence-electron chi connectivity index (χ0n) is 15.4. The zero-order valence-corrected chi connectivity index (χ0v) is 16.2. The fourth-order valence-electron chi connectivity index (χ4n) is 2.66. The van der Waals surface area contributed by atoms with E-state index in [0.717, 1.165) is 17.0 Å². The second kappa shape index (κ2) is 7.45. The standard InChI is InChI=1S/C18H21N5O3S/c1-13-4-6-16(7-5-13)27(25,26)19-10-11-22-18(24)9-8-17(21-22)23-15(3)12-14(2)20-23/h4-9,12,19H,10-11H2,1-3H3. The molecule has 0 bridgehead atoms. The van der Waals surface area contributed by atoms with Crippen LogP contribution in [0, 0.1) is 20.8 Å². The fourth-order valence-corrected chi connectivity index (χ4v) is 3.68. The van der Waals surface area contributed by atoms with Gasteiger partial charge in [0.25, 0.3) is 5.56 Å². The molecular formula is C18H21N5O3S. The predicted molar refractivity (Wildman–Crippen MR) is 101 cm³/mol. The fraction of sp³-hybridized carbons (Fsp3) is 0.278. The summed E-state index contributed by atoms with van der Waals surface area (Å²) in [5, 5.41) is 8.64. The van der Waals surface area contributed by atoms with Gasteiger partial charge in [-0.05, 0) is 45.0 Å². The van der Waals surface area contributed by atoms with Gasteiger partial charge >= 0.3 is 0 Å². The summed E-state index contributed by atoms with van der Waals surface area (Å²) in [7, 11) is -3.64. The molecule has 9 heteroatoms. The first kappa shape index (κ1) is 19.0. The van der Waals surface area contributed by atoms with Crippen LogP contribution < -0.4 is 10.3 Å². The van der Waals surface area contributed by atoms with Crippen LogP contribution in [0.5, 0.6) is 0 Å². The molecule has 142 valence electrons. The third-order valence-electron chi connectivity index (χ3n) is 4.03. The highest BCUT2D eigenvalue weighted by atomic mass is 32.2. The molecule has 8 nitrogen and oxygen atoms in total. The lowest BCUT2D eigenvalue weighted by atomic mass is 10.2. The average molecular weight is 387 g/mol. The largest absolute Gasteiger partial charge is 0.268 e. The molecular weight excluding hydrogens is 366 g/mol. The van der Waals surface area contributed by atoms with Crippen LogP contribution >= 0.6 is 0 Å². The predicted octanol–water partition coefficient (Wildman–Crippen LogP) is 1.33. The topological polar surface area (TPSA) is 98.9 Å². The molecule has 27 heavy (non-hydrogen) atoms. The molecule has 0 spiro atoms. The normalized spacial score (nSPS) is 11.7. The van der Waals surface area contributed by atoms with E-state index in [-0.39, 0.29) is 23.5 Å². The molecule has 0 saturated heterocycles. The summed E-state index contributed by atoms with van der Waals surface area (Å²) in [5.41, 5.74) is 2.41. The van der Waals surface area contributed by atoms with Gasteiger partial charge in [-0.3, -0.25) is 4.79 Å². The molecule has 0 aliphatic heterocycles. The lowest BCUT2D eigenvalue weighted by Gasteiger charge is -2.10. The molecule has 2 aromatic heterocycles. The smallest absolute Gasteiger partial charge is 0.266 e. The van der Waals surface area contributed by atoms with Crippen molar-refractivity contribution < 1.29 is 8.42 Å². The highest BCUT2D eigenvalue weighted by Gasteiger charge is 2.13. The van der Waals surface area contributed by atoms with Gasteiger partial charge in [-0.25, -0.2) is 22.5 Å². The Labute approximate surface area is 157 Å². The molecule has 3 rings (SSSR count). The minimum absolute atomic E-state index is 0.0453. The number of benzene rings is 1. The molecule has 0 atom stereocenters. The number of aryl methyl sites for hydroxylation is 3. The third kappa shape index (κ3) is 4.32. The van der Waals surface area contributed by atoms with Crippen LogP contribution in [0.1, 0.15) is 17.0 Å². The van der Waals surface area contributed by atoms with E-state index in [2.05, 4.69) is 14.9 Å². The van der Waals surface area contributed by atoms with Crippen LogP contribution in [0.2, 0.25) is 0 Å². The second-order valence-corrected chi connectivity index (χ2v) is 8.07. The number of rotatable bonds is 6. The monoisotopic (exact) mass is 387 g/mol. The Hall–Kier alpha value is -2.78. The molecule has 0 fully saturated rings. The SMILES string of the molecule is Cc1ccc(S(=O)(=O)NCCn2nc(-n3nc(C)cc3C)ccc2=O)cc1. The summed E-state index contributed by atoms with van der Waals surface area (Å²) >= 11 is 0. The number of hydrogen-bond acceptors (Lipinski definition) is 5. The minimum atomic E-state index is -3.64. The maximum absolute atomic E-state index is 12.3. The minimum Gasteiger partial charge on any atom is -0.268 e. The van der Waals surface area contributed by atoms with Crippen molar-refractivity contribution in [2.24, 2.45) is 0 Å². The van der Waals surface area contributed by atoms with Crippen molar-refractivity contribution in [1.82, 2.24) is 24.3 Å². The van der Waals surface area contributed by atoms with Gasteiger partial charge in [-0.1, -0.05) is 17.7 Å². The van der Waals surface area contributed by atoms with E-state index in [1.54, 1.807) is 35.0 Å². The van der Waals surface area contributed by atoms with Crippen LogP contribution in [0.3, 0.4) is 0 Å². The van der Waals surface area contributed by atoms with Crippen molar-refractivity contribution in [3.8, 4) is 5.82 Å². The van der Waals surface area contributed by atoms with Crippen molar-refractivity contribution >= 4 is 10.0 Å². The first-order valence-electron chi connectivity index (χ1n) is 8.44. The van der Waals surface area contributed by atoms with Crippen LogP contribution in [0.25, 0.3) is 5.82 Å². The van der Waals surface area contributed by atoms with Gasteiger partial charge in [0.2, 0.25) is 10.0 Å². The van der Waals surface area contributed by atoms with Gasteiger partial charge < -0.3 is 0 Å². The summed E-state index contributed by atoms with van der Waals surface area (Å²) in [6.07, 6.45) is 0. The summed E-state index contributed by atoms with van der Waals surface area (Å²) in [6.45, 7) is 5.81. The van der Waals surface area contributed by atoms with Crippen LogP contribution in [0.4, 0.5) is 0 Å². The second-order valence-electron chi connectivity index (χ2n) is 6.30. The van der Waals surface area contributed by atoms with E-state index in [1.165, 1.54) is 10.7 Å². The summed E-state index contributed by atoms with van der Waals surface area (Å²) < 4.78 is 30.0. The quantitative estimate of drug-likeness (QED) is 0.688. The number of nitrogens with zero attached hydrogens (tertiary/aromatic N) is 4. The molecule has 1 aromatic carbocycles. The molecule has 0 unspecified atom stereocenters. The maximum atomic E-state index is 12.3. The van der Waals surface area contributed by atoms with Gasteiger partial charge in [0, 0.05) is 18.3 Å². The van der Waals surface area contributed by atoms with E-state index in [0.29, 0.717) is 5.82 Å². The van der Waals surface area contributed by atoms with Crippen LogP contribution in [-0.2, 0) is 16.6 Å². The number of nitrogens with one attached hydrogen (secondary N) is 1. The summed E-state index contributed by atoms with van der Waals surface area (Å²) in [4.78, 5) is 12.2. The molecule has 2 heterocycles. The van der Waals surface area contributed by atoms with E-state index in [4.69, 9.17) is 0 Å². The molecule has 0 amide bonds. The van der Waals surface area contributed by atoms with E-state index in [1.807, 2.05) is 26.8 Å². The van der Waals surface area contributed by atoms with Crippen molar-refractivity contribution in [3.05, 3.63) is 69.8 Å². The Morgan fingerprint density at radius 2 is 1.70 bits per heavy atom. The molecule has 0 radical (unpaired) electrons. The Morgan fingerprint density at radius 3 is 2.33 bits per heavy atom. The van der Waals surface area contributed by atoms with Crippen LogP contribution in [-0.4, -0.2) is 34.5 Å². The number of hydrogen-bond donors (Lipinski definition) is 1. The van der Waals surface area contributed by atoms with Gasteiger partial charge in [0.15, 0.2) is 5.82 Å². The van der Waals surface area contributed by atoms with Crippen molar-refractivity contribution in [2.45, 2.75) is 32.2 Å². The molecule has 0 aliphatic rings. The summed E-state index contributed by atoms with van der Waals surface area (Å²) in [6, 6.07) is 11.5. The summed E-state index contributed by atoms with van der Waals surface area (Å²) in [5.74, 6) is 0.501. The molecule has 0 saturated carbocycles. The molecule has 0 aliphatic carbocycles. The Bertz CT molecular complexity index is 1110. The number of aromatic nitrogens is 4. The Balaban J connectivity index is 1.74. The van der Waals surface area contributed by atoms with Gasteiger partial charge in [-0.2, -0.15) is 5.10 Å². The van der Waals surface area contributed by atoms with Crippen LogP contribution in [0.15, 0.2) is 52.2 Å². The van der Waals surface area contributed by atoms with Gasteiger partial charge in [0.1, 0.15) is 0 Å². The average Bonchev–Trinajstić information content (AvgIpc) is 2.95. The first-order valence-corrected chi connectivity index (χ1v) is 9.93. The third-order valence-corrected chi connectivity index (χ3v) is 5.50. The van der Waals surface area contributed by atoms with E-state index in [9.17, 15) is 13.2 Å². The first-order chi connectivity index (χ1) is 12.8. The van der Waals surface area contributed by atoms with Crippen molar-refractivity contribution in [1.29, 1.82) is 0 Å². The van der Waals surface area contributed by atoms with Crippen molar-refractivity contribution in [2.75, 3.05) is 6.54 Å². The molecule has 1 N–H and O–H groups in total. The highest BCUT2D eigenvalue weighted by molar-refractivity contribution is 7.89.